The van der Waals surface area contributed by atoms with Crippen LogP contribution in [0, 0.1) is 17.3 Å². The lowest BCUT2D eigenvalue weighted by Crippen LogP contribution is -2.39. The smallest absolute Gasteiger partial charge is 0.251 e. The van der Waals surface area contributed by atoms with E-state index in [9.17, 15) is 4.79 Å². The maximum absolute atomic E-state index is 12.0. The second kappa shape index (κ2) is 5.90. The van der Waals surface area contributed by atoms with Crippen LogP contribution in [0.5, 0.6) is 0 Å². The molecule has 0 aromatic heterocycles. The Labute approximate surface area is 114 Å². The van der Waals surface area contributed by atoms with Gasteiger partial charge in [-0.25, -0.2) is 0 Å². The van der Waals surface area contributed by atoms with Crippen LogP contribution in [0.4, 0.5) is 0 Å². The highest BCUT2D eigenvalue weighted by atomic mass is 16.2. The summed E-state index contributed by atoms with van der Waals surface area (Å²) < 4.78 is 0. The molecule has 2 N–H and O–H groups in total. The van der Waals surface area contributed by atoms with Crippen LogP contribution in [-0.4, -0.2) is 24.2 Å². The van der Waals surface area contributed by atoms with Crippen LogP contribution < -0.4 is 5.32 Å². The van der Waals surface area contributed by atoms with Crippen LogP contribution in [0.1, 0.15) is 42.1 Å². The van der Waals surface area contributed by atoms with Crippen LogP contribution in [0.15, 0.2) is 24.3 Å². The monoisotopic (exact) mass is 257 g/mol. The average Bonchev–Trinajstić information content (AvgIpc) is 2.41. The summed E-state index contributed by atoms with van der Waals surface area (Å²) >= 11 is 0. The summed E-state index contributed by atoms with van der Waals surface area (Å²) in [5, 5.41) is 11.6. The van der Waals surface area contributed by atoms with E-state index in [2.05, 4.69) is 24.1 Å². The van der Waals surface area contributed by atoms with Crippen molar-refractivity contribution in [2.75, 3.05) is 13.2 Å². The number of aliphatic hydroxyl groups excluding tert-OH is 1. The maximum Gasteiger partial charge on any atom is 0.251 e. The molecule has 100 valence electrons. The Morgan fingerprint density at radius 2 is 2.05 bits per heavy atom. The van der Waals surface area contributed by atoms with E-state index in [0.717, 1.165) is 12.1 Å². The van der Waals surface area contributed by atoms with Crippen molar-refractivity contribution < 1.29 is 9.90 Å². The number of carbonyl (C=O) groups is 1. The van der Waals surface area contributed by atoms with E-state index in [1.165, 1.54) is 19.3 Å². The van der Waals surface area contributed by atoms with Gasteiger partial charge in [0.25, 0.3) is 5.91 Å². The summed E-state index contributed by atoms with van der Waals surface area (Å²) in [6, 6.07) is 7.12. The van der Waals surface area contributed by atoms with Gasteiger partial charge < -0.3 is 10.4 Å². The van der Waals surface area contributed by atoms with E-state index in [4.69, 9.17) is 5.11 Å². The second-order valence-electron chi connectivity index (χ2n) is 5.38. The zero-order chi connectivity index (χ0) is 13.7. The highest BCUT2D eigenvalue weighted by Crippen LogP contribution is 2.39. The summed E-state index contributed by atoms with van der Waals surface area (Å²) in [6.07, 6.45) is 3.66. The number of hydrogen-bond donors (Lipinski definition) is 2. The molecule has 0 spiro atoms. The Balaban J connectivity index is 1.92. The van der Waals surface area contributed by atoms with Gasteiger partial charge in [0, 0.05) is 17.7 Å². The topological polar surface area (TPSA) is 49.3 Å². The summed E-state index contributed by atoms with van der Waals surface area (Å²) in [4.78, 5) is 12.0. The zero-order valence-corrected chi connectivity index (χ0v) is 11.2. The quantitative estimate of drug-likeness (QED) is 0.813. The van der Waals surface area contributed by atoms with Gasteiger partial charge in [-0.2, -0.15) is 0 Å². The number of hydrogen-bond acceptors (Lipinski definition) is 2. The number of carbonyl (C=O) groups excluding carboxylic acids is 1. The first-order chi connectivity index (χ1) is 9.13. The van der Waals surface area contributed by atoms with Crippen LogP contribution in [0.25, 0.3) is 0 Å². The molecule has 0 atom stereocenters. The first-order valence-corrected chi connectivity index (χ1v) is 6.61. The third kappa shape index (κ3) is 3.59. The molecule has 1 saturated carbocycles. The van der Waals surface area contributed by atoms with E-state index in [1.807, 2.05) is 0 Å². The lowest BCUT2D eigenvalue weighted by molar-refractivity contribution is 0.0891. The molecule has 3 heteroatoms. The molecule has 1 amide bonds. The van der Waals surface area contributed by atoms with E-state index in [1.54, 1.807) is 24.3 Å². The molecule has 19 heavy (non-hydrogen) atoms. The molecule has 3 nitrogen and oxygen atoms in total. The van der Waals surface area contributed by atoms with Crippen LogP contribution in [0.2, 0.25) is 0 Å². The predicted molar refractivity (Wildman–Crippen MR) is 74.7 cm³/mol. The Bertz CT molecular complexity index is 504. The van der Waals surface area contributed by atoms with Crippen molar-refractivity contribution in [3.63, 3.8) is 0 Å². The lowest BCUT2D eigenvalue weighted by atomic mass is 9.70. The molecular weight excluding hydrogens is 238 g/mol. The number of nitrogens with one attached hydrogen (secondary N) is 1. The number of benzene rings is 1. The van der Waals surface area contributed by atoms with E-state index in [0.29, 0.717) is 11.0 Å². The molecule has 0 unspecified atom stereocenters. The van der Waals surface area contributed by atoms with Gasteiger partial charge in [0.1, 0.15) is 6.61 Å². The van der Waals surface area contributed by atoms with Crippen molar-refractivity contribution in [1.82, 2.24) is 5.32 Å². The van der Waals surface area contributed by atoms with Gasteiger partial charge >= 0.3 is 0 Å². The number of aliphatic hydroxyl groups is 1. The van der Waals surface area contributed by atoms with Gasteiger partial charge in [-0.1, -0.05) is 25.2 Å². The van der Waals surface area contributed by atoms with Crippen LogP contribution in [0.3, 0.4) is 0 Å². The van der Waals surface area contributed by atoms with Crippen LogP contribution >= 0.6 is 0 Å². The van der Waals surface area contributed by atoms with Crippen molar-refractivity contribution >= 4 is 5.91 Å². The highest BCUT2D eigenvalue weighted by Gasteiger charge is 2.31. The third-order valence-corrected chi connectivity index (χ3v) is 3.70. The fraction of sp³-hybridized carbons (Fsp3) is 0.438. The molecule has 2 rings (SSSR count). The minimum Gasteiger partial charge on any atom is -0.384 e. The molecular formula is C16H19NO2. The average molecular weight is 257 g/mol. The molecule has 0 aliphatic heterocycles. The van der Waals surface area contributed by atoms with E-state index < -0.39 is 0 Å². The Hall–Kier alpha value is -1.79. The van der Waals surface area contributed by atoms with Gasteiger partial charge in [0.2, 0.25) is 0 Å². The molecule has 1 aliphatic carbocycles. The zero-order valence-electron chi connectivity index (χ0n) is 11.2. The predicted octanol–water partition coefficient (Wildman–Crippen LogP) is 1.95. The molecule has 0 saturated heterocycles. The fourth-order valence-corrected chi connectivity index (χ4v) is 2.20. The molecule has 1 aromatic rings. The Morgan fingerprint density at radius 3 is 2.58 bits per heavy atom. The van der Waals surface area contributed by atoms with Crippen molar-refractivity contribution in [2.24, 2.45) is 5.41 Å². The maximum atomic E-state index is 12.0. The minimum absolute atomic E-state index is 0.0326. The standard InChI is InChI=1S/C16H19NO2/c1-16(9-3-10-16)12-17-15(19)14-7-5-13(6-8-14)4-2-11-18/h5-8,18H,3,9-12H2,1H3,(H,17,19). The number of rotatable bonds is 3. The minimum atomic E-state index is -0.152. The van der Waals surface area contributed by atoms with Gasteiger partial charge in [0.15, 0.2) is 0 Å². The largest absolute Gasteiger partial charge is 0.384 e. The van der Waals surface area contributed by atoms with Gasteiger partial charge in [-0.3, -0.25) is 4.79 Å². The van der Waals surface area contributed by atoms with Gasteiger partial charge in [-0.15, -0.1) is 0 Å². The normalized spacial score (nSPS) is 15.9. The third-order valence-electron chi connectivity index (χ3n) is 3.70. The molecule has 1 aromatic carbocycles. The molecule has 0 heterocycles. The van der Waals surface area contributed by atoms with Crippen molar-refractivity contribution in [2.45, 2.75) is 26.2 Å². The molecule has 1 fully saturated rings. The van der Waals surface area contributed by atoms with Crippen LogP contribution in [-0.2, 0) is 0 Å². The summed E-state index contributed by atoms with van der Waals surface area (Å²) in [7, 11) is 0. The molecule has 0 bridgehead atoms. The first-order valence-electron chi connectivity index (χ1n) is 6.61. The van der Waals surface area contributed by atoms with Gasteiger partial charge in [-0.05, 0) is 42.5 Å². The van der Waals surface area contributed by atoms with Crippen molar-refractivity contribution in [3.8, 4) is 11.8 Å². The summed E-state index contributed by atoms with van der Waals surface area (Å²) in [5.74, 6) is 5.35. The first kappa shape index (κ1) is 13.6. The fourth-order valence-electron chi connectivity index (χ4n) is 2.20. The highest BCUT2D eigenvalue weighted by molar-refractivity contribution is 5.94. The van der Waals surface area contributed by atoms with Crippen molar-refractivity contribution in [3.05, 3.63) is 35.4 Å². The van der Waals surface area contributed by atoms with Crippen molar-refractivity contribution in [1.29, 1.82) is 0 Å². The molecule has 0 radical (unpaired) electrons. The summed E-state index contributed by atoms with van der Waals surface area (Å²) in [6.45, 7) is 2.81. The SMILES string of the molecule is CC1(CNC(=O)c2ccc(C#CCO)cc2)CCC1. The van der Waals surface area contributed by atoms with E-state index >= 15 is 0 Å². The second-order valence-corrected chi connectivity index (χ2v) is 5.38. The van der Waals surface area contributed by atoms with E-state index in [-0.39, 0.29) is 12.5 Å². The Morgan fingerprint density at radius 1 is 1.37 bits per heavy atom. The lowest BCUT2D eigenvalue weighted by Gasteiger charge is -2.38. The number of amides is 1. The summed E-state index contributed by atoms with van der Waals surface area (Å²) in [5.41, 5.74) is 1.75. The van der Waals surface area contributed by atoms with Gasteiger partial charge in [0.05, 0.1) is 0 Å². The molecule has 1 aliphatic rings. The Kier molecular flexibility index (Phi) is 4.24.